The Balaban J connectivity index is 1.62. The van der Waals surface area contributed by atoms with Gasteiger partial charge in [-0.05, 0) is 24.6 Å². The number of nitrogens with one attached hydrogen (secondary N) is 1. The normalized spacial score (nSPS) is 18.6. The molecule has 6 nitrogen and oxygen atoms in total. The second-order valence-corrected chi connectivity index (χ2v) is 7.84. The van der Waals surface area contributed by atoms with Crippen LogP contribution >= 0.6 is 0 Å². The molecular weight excluding hydrogens is 352 g/mol. The van der Waals surface area contributed by atoms with Crippen LogP contribution in [0.4, 0.5) is 10.5 Å². The van der Waals surface area contributed by atoms with E-state index in [1.54, 1.807) is 30.3 Å². The van der Waals surface area contributed by atoms with Crippen molar-refractivity contribution >= 4 is 21.8 Å². The number of ether oxygens (including phenoxy) is 1. The molecule has 1 heterocycles. The Morgan fingerprint density at radius 3 is 2.65 bits per heavy atom. The molecule has 0 saturated heterocycles. The molecule has 0 bridgehead atoms. The van der Waals surface area contributed by atoms with Gasteiger partial charge in [0.25, 0.3) is 0 Å². The zero-order valence-corrected chi connectivity index (χ0v) is 15.1. The number of rotatable bonds is 5. The van der Waals surface area contributed by atoms with Gasteiger partial charge in [0, 0.05) is 17.6 Å². The van der Waals surface area contributed by atoms with Gasteiger partial charge in [-0.3, -0.25) is 5.32 Å². The van der Waals surface area contributed by atoms with Gasteiger partial charge < -0.3 is 4.74 Å². The number of hydrogen-bond donors (Lipinski definition) is 1. The first kappa shape index (κ1) is 18.2. The summed E-state index contributed by atoms with van der Waals surface area (Å²) >= 11 is 0. The van der Waals surface area contributed by atoms with Crippen molar-refractivity contribution < 1.29 is 17.9 Å². The summed E-state index contributed by atoms with van der Waals surface area (Å²) in [6.45, 7) is 2.13. The van der Waals surface area contributed by atoms with Gasteiger partial charge in [0.05, 0.1) is 6.04 Å². The summed E-state index contributed by atoms with van der Waals surface area (Å²) in [6, 6.07) is 16.0. The Morgan fingerprint density at radius 2 is 1.92 bits per heavy atom. The molecule has 2 aromatic rings. The Bertz CT molecular complexity index is 910. The fourth-order valence-corrected chi connectivity index (χ4v) is 4.10. The van der Waals surface area contributed by atoms with Crippen molar-refractivity contribution in [1.82, 2.24) is 4.31 Å². The highest BCUT2D eigenvalue weighted by Crippen LogP contribution is 2.22. The molecule has 0 spiro atoms. The van der Waals surface area contributed by atoms with Crippen LogP contribution in [0.2, 0.25) is 0 Å². The van der Waals surface area contributed by atoms with Gasteiger partial charge in [-0.2, -0.15) is 4.31 Å². The molecule has 0 fully saturated rings. The summed E-state index contributed by atoms with van der Waals surface area (Å²) in [5, 5.41) is 3.76. The molecule has 1 aliphatic rings. The van der Waals surface area contributed by atoms with Crippen LogP contribution < -0.4 is 5.32 Å². The second kappa shape index (κ2) is 7.72. The van der Waals surface area contributed by atoms with Crippen LogP contribution in [-0.4, -0.2) is 31.5 Å². The van der Waals surface area contributed by atoms with E-state index in [1.807, 2.05) is 37.3 Å². The topological polar surface area (TPSA) is 75.7 Å². The van der Waals surface area contributed by atoms with E-state index in [4.69, 9.17) is 4.74 Å². The van der Waals surface area contributed by atoms with E-state index in [0.29, 0.717) is 5.69 Å². The first-order valence-electron chi connectivity index (χ1n) is 8.18. The number of amides is 1. The second-order valence-electron chi connectivity index (χ2n) is 6.06. The lowest BCUT2D eigenvalue weighted by molar-refractivity contribution is 0.141. The van der Waals surface area contributed by atoms with E-state index in [2.05, 4.69) is 5.32 Å². The highest BCUT2D eigenvalue weighted by molar-refractivity contribution is 7.92. The number of anilines is 1. The van der Waals surface area contributed by atoms with Gasteiger partial charge in [-0.25, -0.2) is 13.2 Å². The van der Waals surface area contributed by atoms with Crippen molar-refractivity contribution in [3.63, 3.8) is 0 Å². The van der Waals surface area contributed by atoms with E-state index < -0.39 is 22.2 Å². The predicted octanol–water partition coefficient (Wildman–Crippen LogP) is 3.27. The van der Waals surface area contributed by atoms with Crippen LogP contribution in [0, 0.1) is 6.92 Å². The van der Waals surface area contributed by atoms with Crippen LogP contribution in [-0.2, 0) is 21.3 Å². The Hall–Kier alpha value is -2.64. The number of carbonyl (C=O) groups excluding carboxylic acids is 1. The fourth-order valence-electron chi connectivity index (χ4n) is 2.73. The standard InChI is InChI=1S/C19H20N2O4S/c1-15-6-5-7-16(12-15)13-21-18(10-11-26(21,23)24)14-25-19(22)20-17-8-3-2-4-9-17/h2-12,18H,13-14H2,1H3,(H,20,22)/t18-/m0/s1. The summed E-state index contributed by atoms with van der Waals surface area (Å²) in [6.07, 6.45) is 0.922. The lowest BCUT2D eigenvalue weighted by Crippen LogP contribution is -2.37. The van der Waals surface area contributed by atoms with E-state index in [-0.39, 0.29) is 13.2 Å². The van der Waals surface area contributed by atoms with Crippen molar-refractivity contribution in [2.24, 2.45) is 0 Å². The third kappa shape index (κ3) is 4.50. The SMILES string of the molecule is Cc1cccc(CN2[C@H](COC(=O)Nc3ccccc3)C=CS2(=O)=O)c1. The first-order valence-corrected chi connectivity index (χ1v) is 9.69. The molecule has 1 atom stereocenters. The van der Waals surface area contributed by atoms with Gasteiger partial charge >= 0.3 is 6.09 Å². The number of sulfonamides is 1. The number of hydrogen-bond acceptors (Lipinski definition) is 4. The molecule has 7 heteroatoms. The minimum absolute atomic E-state index is 0.0553. The molecule has 2 aromatic carbocycles. The number of carbonyl (C=O) groups is 1. The third-order valence-electron chi connectivity index (χ3n) is 4.00. The van der Waals surface area contributed by atoms with E-state index in [9.17, 15) is 13.2 Å². The van der Waals surface area contributed by atoms with Crippen LogP contribution in [0.3, 0.4) is 0 Å². The van der Waals surface area contributed by atoms with Crippen LogP contribution in [0.25, 0.3) is 0 Å². The van der Waals surface area contributed by atoms with E-state index in [1.165, 1.54) is 4.31 Å². The maximum atomic E-state index is 12.3. The number of benzene rings is 2. The van der Waals surface area contributed by atoms with Crippen LogP contribution in [0.5, 0.6) is 0 Å². The van der Waals surface area contributed by atoms with Gasteiger partial charge in [0.2, 0.25) is 10.0 Å². The van der Waals surface area contributed by atoms with Crippen molar-refractivity contribution in [2.75, 3.05) is 11.9 Å². The molecule has 0 aromatic heterocycles. The summed E-state index contributed by atoms with van der Waals surface area (Å²) < 4.78 is 31.1. The average molecular weight is 372 g/mol. The van der Waals surface area contributed by atoms with Gasteiger partial charge in [0.15, 0.2) is 0 Å². The predicted molar refractivity (Wildman–Crippen MR) is 100.0 cm³/mol. The average Bonchev–Trinajstić information content (AvgIpc) is 2.88. The van der Waals surface area contributed by atoms with Crippen LogP contribution in [0.1, 0.15) is 11.1 Å². The van der Waals surface area contributed by atoms with Gasteiger partial charge in [-0.1, -0.05) is 54.1 Å². The molecule has 0 saturated carbocycles. The van der Waals surface area contributed by atoms with E-state index in [0.717, 1.165) is 16.5 Å². The maximum Gasteiger partial charge on any atom is 0.411 e. The minimum Gasteiger partial charge on any atom is -0.447 e. The quantitative estimate of drug-likeness (QED) is 0.874. The fraction of sp³-hybridized carbons (Fsp3) is 0.211. The maximum absolute atomic E-state index is 12.3. The summed E-state index contributed by atoms with van der Waals surface area (Å²) in [4.78, 5) is 11.9. The third-order valence-corrected chi connectivity index (χ3v) is 5.55. The molecule has 26 heavy (non-hydrogen) atoms. The highest BCUT2D eigenvalue weighted by Gasteiger charge is 2.33. The molecule has 1 N–H and O–H groups in total. The molecule has 3 rings (SSSR count). The lowest BCUT2D eigenvalue weighted by Gasteiger charge is -2.23. The Morgan fingerprint density at radius 1 is 1.15 bits per heavy atom. The van der Waals surface area contributed by atoms with Crippen molar-refractivity contribution in [1.29, 1.82) is 0 Å². The minimum atomic E-state index is -3.51. The van der Waals surface area contributed by atoms with Crippen molar-refractivity contribution in [3.05, 3.63) is 77.2 Å². The summed E-state index contributed by atoms with van der Waals surface area (Å²) in [7, 11) is -3.51. The van der Waals surface area contributed by atoms with Crippen molar-refractivity contribution in [3.8, 4) is 0 Å². The Kier molecular flexibility index (Phi) is 5.39. The number of aryl methyl sites for hydroxylation is 1. The van der Waals surface area contributed by atoms with E-state index >= 15 is 0 Å². The zero-order valence-electron chi connectivity index (χ0n) is 14.3. The number of para-hydroxylation sites is 1. The molecule has 1 aliphatic heterocycles. The summed E-state index contributed by atoms with van der Waals surface area (Å²) in [5.41, 5.74) is 2.56. The molecule has 0 aliphatic carbocycles. The van der Waals surface area contributed by atoms with Crippen molar-refractivity contribution in [2.45, 2.75) is 19.5 Å². The van der Waals surface area contributed by atoms with Crippen LogP contribution in [0.15, 0.2) is 66.1 Å². The molecule has 1 amide bonds. The monoisotopic (exact) mass is 372 g/mol. The molecule has 136 valence electrons. The summed E-state index contributed by atoms with van der Waals surface area (Å²) in [5.74, 6) is 0. The molecular formula is C19H20N2O4S. The molecule has 0 unspecified atom stereocenters. The molecule has 0 radical (unpaired) electrons. The largest absolute Gasteiger partial charge is 0.447 e. The van der Waals surface area contributed by atoms with Gasteiger partial charge in [0.1, 0.15) is 6.61 Å². The first-order chi connectivity index (χ1) is 12.4. The highest BCUT2D eigenvalue weighted by atomic mass is 32.2. The zero-order chi connectivity index (χ0) is 18.6. The number of nitrogens with zero attached hydrogens (tertiary/aromatic N) is 1. The smallest absolute Gasteiger partial charge is 0.411 e. The Labute approximate surface area is 153 Å². The van der Waals surface area contributed by atoms with Gasteiger partial charge in [-0.15, -0.1) is 0 Å². The lowest BCUT2D eigenvalue weighted by atomic mass is 10.1.